The van der Waals surface area contributed by atoms with E-state index in [1.165, 1.54) is 11.8 Å². The van der Waals surface area contributed by atoms with Gasteiger partial charge in [0.15, 0.2) is 22.5 Å². The summed E-state index contributed by atoms with van der Waals surface area (Å²) in [4.78, 5) is 12.3. The number of carbonyl (C=O) groups is 1. The predicted molar refractivity (Wildman–Crippen MR) is 123 cm³/mol. The summed E-state index contributed by atoms with van der Waals surface area (Å²) in [5, 5.41) is 23.1. The number of hydrazone groups is 1. The van der Waals surface area contributed by atoms with E-state index in [0.29, 0.717) is 40.3 Å². The quantitative estimate of drug-likeness (QED) is 0.289. The Balaban J connectivity index is 1.69. The van der Waals surface area contributed by atoms with Crippen LogP contribution in [0.5, 0.6) is 17.2 Å². The first kappa shape index (κ1) is 23.1. The molecule has 0 aliphatic heterocycles. The van der Waals surface area contributed by atoms with Crippen LogP contribution in [0, 0.1) is 0 Å². The van der Waals surface area contributed by atoms with Crippen LogP contribution in [0.4, 0.5) is 0 Å². The van der Waals surface area contributed by atoms with Crippen LogP contribution in [0.1, 0.15) is 19.4 Å². The number of phenols is 1. The number of thioether (sulfide) groups is 1. The molecule has 168 valence electrons. The molecule has 32 heavy (non-hydrogen) atoms. The van der Waals surface area contributed by atoms with Crippen LogP contribution in [-0.2, 0) is 11.3 Å². The third kappa shape index (κ3) is 5.20. The topological polar surface area (TPSA) is 111 Å². The number of amides is 1. The van der Waals surface area contributed by atoms with E-state index >= 15 is 0 Å². The molecule has 0 unspecified atom stereocenters. The Morgan fingerprint density at radius 2 is 1.91 bits per heavy atom. The molecule has 1 aromatic heterocycles. The fourth-order valence-corrected chi connectivity index (χ4v) is 3.81. The molecule has 1 amide bonds. The lowest BCUT2D eigenvalue weighted by atomic mass is 10.1. The van der Waals surface area contributed by atoms with E-state index in [9.17, 15) is 9.90 Å². The third-order valence-corrected chi connectivity index (χ3v) is 5.62. The van der Waals surface area contributed by atoms with Gasteiger partial charge in [-0.25, -0.2) is 5.43 Å². The van der Waals surface area contributed by atoms with Gasteiger partial charge in [0.25, 0.3) is 5.91 Å². The van der Waals surface area contributed by atoms with Crippen LogP contribution in [0.15, 0.2) is 52.7 Å². The molecule has 0 spiro atoms. The predicted octanol–water partition coefficient (Wildman–Crippen LogP) is 3.32. The van der Waals surface area contributed by atoms with E-state index in [4.69, 9.17) is 9.47 Å². The molecular weight excluding hydrogens is 430 g/mol. The van der Waals surface area contributed by atoms with Crippen molar-refractivity contribution in [3.8, 4) is 28.6 Å². The Labute approximate surface area is 190 Å². The number of phenolic OH excluding ortho intramolecular Hbond substituents is 1. The largest absolute Gasteiger partial charge is 0.507 e. The third-order valence-electron chi connectivity index (χ3n) is 4.65. The van der Waals surface area contributed by atoms with Crippen LogP contribution >= 0.6 is 11.8 Å². The molecule has 0 saturated carbocycles. The molecule has 3 rings (SSSR count). The maximum Gasteiger partial charge on any atom is 0.250 e. The van der Waals surface area contributed by atoms with Gasteiger partial charge in [0.2, 0.25) is 0 Å². The highest BCUT2D eigenvalue weighted by Gasteiger charge is 2.16. The lowest BCUT2D eigenvalue weighted by Crippen LogP contribution is -2.21. The van der Waals surface area contributed by atoms with E-state index in [1.54, 1.807) is 45.4 Å². The van der Waals surface area contributed by atoms with Gasteiger partial charge in [0, 0.05) is 17.7 Å². The molecule has 0 radical (unpaired) electrons. The minimum atomic E-state index is -0.289. The number of rotatable bonds is 9. The molecule has 2 N–H and O–H groups in total. The van der Waals surface area contributed by atoms with Gasteiger partial charge in [-0.3, -0.25) is 4.79 Å². The number of benzene rings is 2. The fourth-order valence-electron chi connectivity index (χ4n) is 3.02. The SMILES string of the molecule is CCn1c(SCC(=O)N/N=C(\C)c2ccccc2O)nnc1-c1ccc(OC)c(OC)c1. The maximum absolute atomic E-state index is 12.3. The summed E-state index contributed by atoms with van der Waals surface area (Å²) in [6.45, 7) is 4.33. The van der Waals surface area contributed by atoms with E-state index in [1.807, 2.05) is 29.7 Å². The first-order chi connectivity index (χ1) is 15.5. The standard InChI is InChI=1S/C22H25N5O4S/c1-5-27-21(15-10-11-18(30-3)19(12-15)31-4)25-26-22(27)32-13-20(29)24-23-14(2)16-8-6-7-9-17(16)28/h6-12,28H,5,13H2,1-4H3,(H,24,29)/b23-14+. The van der Waals surface area contributed by atoms with Crippen LogP contribution in [0.25, 0.3) is 11.4 Å². The minimum Gasteiger partial charge on any atom is -0.507 e. The highest BCUT2D eigenvalue weighted by atomic mass is 32.2. The van der Waals surface area contributed by atoms with Crippen molar-refractivity contribution in [3.05, 3.63) is 48.0 Å². The van der Waals surface area contributed by atoms with Crippen LogP contribution < -0.4 is 14.9 Å². The molecular formula is C22H25N5O4S. The normalized spacial score (nSPS) is 11.3. The average Bonchev–Trinajstić information content (AvgIpc) is 3.23. The van der Waals surface area contributed by atoms with Gasteiger partial charge in [-0.05, 0) is 44.2 Å². The number of carbonyl (C=O) groups excluding carboxylic acids is 1. The minimum absolute atomic E-state index is 0.108. The molecule has 0 aliphatic carbocycles. The zero-order valence-electron chi connectivity index (χ0n) is 18.3. The Kier molecular flexibility index (Phi) is 7.72. The molecule has 10 heteroatoms. The van der Waals surface area contributed by atoms with Crippen LogP contribution in [-0.4, -0.2) is 51.5 Å². The molecule has 1 heterocycles. The number of hydrogen-bond acceptors (Lipinski definition) is 8. The number of nitrogens with zero attached hydrogens (tertiary/aromatic N) is 4. The van der Waals surface area contributed by atoms with Crippen molar-refractivity contribution >= 4 is 23.4 Å². The number of hydrogen-bond donors (Lipinski definition) is 2. The van der Waals surface area contributed by atoms with Gasteiger partial charge in [-0.15, -0.1) is 10.2 Å². The molecule has 9 nitrogen and oxygen atoms in total. The molecule has 0 aliphatic rings. The van der Waals surface area contributed by atoms with Crippen molar-refractivity contribution < 1.29 is 19.4 Å². The Hall–Kier alpha value is -3.53. The molecule has 3 aromatic rings. The maximum atomic E-state index is 12.3. The van der Waals surface area contributed by atoms with Gasteiger partial charge in [0.1, 0.15) is 5.75 Å². The van der Waals surface area contributed by atoms with E-state index < -0.39 is 0 Å². The van der Waals surface area contributed by atoms with Gasteiger partial charge in [0.05, 0.1) is 25.7 Å². The van der Waals surface area contributed by atoms with Crippen LogP contribution in [0.2, 0.25) is 0 Å². The van der Waals surface area contributed by atoms with E-state index in [2.05, 4.69) is 20.7 Å². The van der Waals surface area contributed by atoms with Crippen LogP contribution in [0.3, 0.4) is 0 Å². The summed E-state index contributed by atoms with van der Waals surface area (Å²) in [6, 6.07) is 12.4. The number of aromatic nitrogens is 3. The first-order valence-electron chi connectivity index (χ1n) is 9.88. The summed E-state index contributed by atoms with van der Waals surface area (Å²) < 4.78 is 12.6. The van der Waals surface area contributed by atoms with Crippen molar-refractivity contribution in [2.45, 2.75) is 25.5 Å². The lowest BCUT2D eigenvalue weighted by Gasteiger charge is -2.11. The number of nitrogens with one attached hydrogen (secondary N) is 1. The van der Waals surface area contributed by atoms with Crippen molar-refractivity contribution in [2.75, 3.05) is 20.0 Å². The number of methoxy groups -OCH3 is 2. The van der Waals surface area contributed by atoms with E-state index in [-0.39, 0.29) is 17.4 Å². The monoisotopic (exact) mass is 455 g/mol. The van der Waals surface area contributed by atoms with Crippen molar-refractivity contribution in [1.82, 2.24) is 20.2 Å². The highest BCUT2D eigenvalue weighted by Crippen LogP contribution is 2.32. The van der Waals surface area contributed by atoms with Crippen molar-refractivity contribution in [1.29, 1.82) is 0 Å². The first-order valence-corrected chi connectivity index (χ1v) is 10.9. The number of aromatic hydroxyl groups is 1. The van der Waals surface area contributed by atoms with E-state index in [0.717, 1.165) is 5.56 Å². The summed E-state index contributed by atoms with van der Waals surface area (Å²) in [5.41, 5.74) is 4.41. The number of para-hydroxylation sites is 1. The lowest BCUT2D eigenvalue weighted by molar-refractivity contribution is -0.118. The Morgan fingerprint density at radius 3 is 2.59 bits per heavy atom. The molecule has 0 atom stereocenters. The molecule has 2 aromatic carbocycles. The fraction of sp³-hybridized carbons (Fsp3) is 0.273. The van der Waals surface area contributed by atoms with Gasteiger partial charge in [-0.1, -0.05) is 23.9 Å². The summed E-state index contributed by atoms with van der Waals surface area (Å²) in [6.07, 6.45) is 0. The Bertz CT molecular complexity index is 1130. The average molecular weight is 456 g/mol. The zero-order chi connectivity index (χ0) is 23.1. The second-order valence-corrected chi connectivity index (χ2v) is 7.60. The molecule has 0 bridgehead atoms. The van der Waals surface area contributed by atoms with Crippen molar-refractivity contribution in [3.63, 3.8) is 0 Å². The Morgan fingerprint density at radius 1 is 1.16 bits per heavy atom. The molecule has 0 fully saturated rings. The second kappa shape index (κ2) is 10.7. The second-order valence-electron chi connectivity index (χ2n) is 6.66. The summed E-state index contributed by atoms with van der Waals surface area (Å²) in [5.74, 6) is 1.83. The highest BCUT2D eigenvalue weighted by molar-refractivity contribution is 7.99. The summed E-state index contributed by atoms with van der Waals surface area (Å²) >= 11 is 1.27. The van der Waals surface area contributed by atoms with Gasteiger partial charge < -0.3 is 19.1 Å². The number of ether oxygens (including phenoxy) is 2. The van der Waals surface area contributed by atoms with Crippen molar-refractivity contribution in [2.24, 2.45) is 5.10 Å². The zero-order valence-corrected chi connectivity index (χ0v) is 19.1. The summed E-state index contributed by atoms with van der Waals surface area (Å²) in [7, 11) is 3.16. The van der Waals surface area contributed by atoms with Gasteiger partial charge in [-0.2, -0.15) is 5.10 Å². The molecule has 0 saturated heterocycles. The smallest absolute Gasteiger partial charge is 0.250 e. The van der Waals surface area contributed by atoms with Gasteiger partial charge >= 0.3 is 0 Å².